The summed E-state index contributed by atoms with van der Waals surface area (Å²) in [5.74, 6) is 0.827. The fraction of sp³-hybridized carbons (Fsp3) is 0.167. The molecule has 2 aromatic rings. The van der Waals surface area contributed by atoms with Crippen LogP contribution >= 0.6 is 11.8 Å². The van der Waals surface area contributed by atoms with Gasteiger partial charge in [-0.15, -0.1) is 5.10 Å². The van der Waals surface area contributed by atoms with Crippen LogP contribution in [0.1, 0.15) is 5.56 Å². The van der Waals surface area contributed by atoms with Crippen molar-refractivity contribution in [2.75, 3.05) is 7.11 Å². The average molecular weight is 247 g/mol. The van der Waals surface area contributed by atoms with Crippen LogP contribution < -0.4 is 10.5 Å². The molecule has 0 unspecified atom stereocenters. The van der Waals surface area contributed by atoms with E-state index < -0.39 is 0 Å². The summed E-state index contributed by atoms with van der Waals surface area (Å²) in [4.78, 5) is 1.06. The quantitative estimate of drug-likeness (QED) is 0.896. The Kier molecular flexibility index (Phi) is 3.95. The summed E-state index contributed by atoms with van der Waals surface area (Å²) in [6.45, 7) is 0.460. The Morgan fingerprint density at radius 2 is 2.24 bits per heavy atom. The van der Waals surface area contributed by atoms with Crippen LogP contribution in [0, 0.1) is 0 Å². The molecule has 5 heteroatoms. The molecule has 0 aliphatic rings. The Balaban J connectivity index is 2.24. The zero-order valence-corrected chi connectivity index (χ0v) is 10.3. The van der Waals surface area contributed by atoms with Gasteiger partial charge in [0.2, 0.25) is 0 Å². The lowest BCUT2D eigenvalue weighted by molar-refractivity contribution is 0.413. The topological polar surface area (TPSA) is 61.0 Å². The van der Waals surface area contributed by atoms with Gasteiger partial charge in [0.25, 0.3) is 0 Å². The SMILES string of the molecule is COc1cccc(Sc2nnccc2CN)c1. The standard InChI is InChI=1S/C12H13N3OS/c1-16-10-3-2-4-11(7-10)17-12-9(8-13)5-6-14-15-12/h2-7H,8,13H2,1H3. The maximum atomic E-state index is 5.65. The second-order valence-electron chi connectivity index (χ2n) is 3.35. The van der Waals surface area contributed by atoms with Gasteiger partial charge in [-0.3, -0.25) is 0 Å². The van der Waals surface area contributed by atoms with Crippen molar-refractivity contribution in [3.63, 3.8) is 0 Å². The third-order valence-electron chi connectivity index (χ3n) is 2.24. The number of hydrogen-bond acceptors (Lipinski definition) is 5. The van der Waals surface area contributed by atoms with E-state index in [-0.39, 0.29) is 0 Å². The van der Waals surface area contributed by atoms with Crippen LogP contribution in [0.15, 0.2) is 46.5 Å². The first kappa shape index (κ1) is 11.9. The van der Waals surface area contributed by atoms with Crippen molar-refractivity contribution in [1.82, 2.24) is 10.2 Å². The molecule has 0 bridgehead atoms. The molecule has 0 saturated heterocycles. The molecule has 1 aromatic carbocycles. The van der Waals surface area contributed by atoms with E-state index in [4.69, 9.17) is 10.5 Å². The highest BCUT2D eigenvalue weighted by Crippen LogP contribution is 2.30. The predicted octanol–water partition coefficient (Wildman–Crippen LogP) is 2.10. The number of rotatable bonds is 4. The molecule has 1 heterocycles. The van der Waals surface area contributed by atoms with E-state index in [1.54, 1.807) is 13.3 Å². The van der Waals surface area contributed by atoms with Crippen molar-refractivity contribution in [3.05, 3.63) is 42.1 Å². The highest BCUT2D eigenvalue weighted by Gasteiger charge is 2.05. The largest absolute Gasteiger partial charge is 0.497 e. The van der Waals surface area contributed by atoms with Gasteiger partial charge in [0, 0.05) is 23.2 Å². The third kappa shape index (κ3) is 2.95. The van der Waals surface area contributed by atoms with E-state index >= 15 is 0 Å². The Bertz CT molecular complexity index is 505. The summed E-state index contributed by atoms with van der Waals surface area (Å²) in [6, 6.07) is 9.70. The van der Waals surface area contributed by atoms with E-state index in [1.165, 1.54) is 11.8 Å². The van der Waals surface area contributed by atoms with E-state index in [0.29, 0.717) is 6.54 Å². The number of ether oxygens (including phenoxy) is 1. The van der Waals surface area contributed by atoms with Gasteiger partial charge in [-0.25, -0.2) is 0 Å². The Morgan fingerprint density at radius 3 is 3.00 bits per heavy atom. The Hall–Kier alpha value is -1.59. The van der Waals surface area contributed by atoms with Crippen LogP contribution in [0.5, 0.6) is 5.75 Å². The second kappa shape index (κ2) is 5.65. The molecular formula is C12H13N3OS. The van der Waals surface area contributed by atoms with Crippen LogP contribution in [-0.4, -0.2) is 17.3 Å². The zero-order valence-electron chi connectivity index (χ0n) is 9.46. The van der Waals surface area contributed by atoms with Crippen LogP contribution in [-0.2, 0) is 6.54 Å². The molecule has 1 aromatic heterocycles. The fourth-order valence-corrected chi connectivity index (χ4v) is 2.28. The first-order chi connectivity index (χ1) is 8.33. The molecule has 0 saturated carbocycles. The minimum absolute atomic E-state index is 0.460. The fourth-order valence-electron chi connectivity index (χ4n) is 1.36. The monoisotopic (exact) mass is 247 g/mol. The van der Waals surface area contributed by atoms with Crippen molar-refractivity contribution in [2.24, 2.45) is 5.73 Å². The number of methoxy groups -OCH3 is 1. The van der Waals surface area contributed by atoms with Crippen molar-refractivity contribution < 1.29 is 4.74 Å². The third-order valence-corrected chi connectivity index (χ3v) is 3.27. The molecule has 4 nitrogen and oxygen atoms in total. The van der Waals surface area contributed by atoms with Crippen molar-refractivity contribution in [3.8, 4) is 5.75 Å². The maximum absolute atomic E-state index is 5.65. The highest BCUT2D eigenvalue weighted by molar-refractivity contribution is 7.99. The summed E-state index contributed by atoms with van der Waals surface area (Å²) >= 11 is 1.53. The smallest absolute Gasteiger partial charge is 0.128 e. The predicted molar refractivity (Wildman–Crippen MR) is 67.0 cm³/mol. The number of nitrogens with zero attached hydrogens (tertiary/aromatic N) is 2. The Morgan fingerprint density at radius 1 is 1.35 bits per heavy atom. The molecule has 0 atom stereocenters. The van der Waals surface area contributed by atoms with E-state index in [1.807, 2.05) is 30.3 Å². The molecule has 0 amide bonds. The van der Waals surface area contributed by atoms with Gasteiger partial charge >= 0.3 is 0 Å². The molecule has 88 valence electrons. The molecule has 2 rings (SSSR count). The Labute approximate surface area is 104 Å². The normalized spacial score (nSPS) is 10.2. The minimum atomic E-state index is 0.460. The highest BCUT2D eigenvalue weighted by atomic mass is 32.2. The molecule has 0 radical (unpaired) electrons. The van der Waals surface area contributed by atoms with E-state index in [9.17, 15) is 0 Å². The summed E-state index contributed by atoms with van der Waals surface area (Å²) < 4.78 is 5.18. The van der Waals surface area contributed by atoms with Gasteiger partial charge in [0.15, 0.2) is 0 Å². The number of aromatic nitrogens is 2. The van der Waals surface area contributed by atoms with Gasteiger partial charge in [0.1, 0.15) is 10.8 Å². The summed E-state index contributed by atoms with van der Waals surface area (Å²) in [5.41, 5.74) is 6.65. The van der Waals surface area contributed by atoms with Crippen LogP contribution in [0.3, 0.4) is 0 Å². The van der Waals surface area contributed by atoms with Crippen molar-refractivity contribution in [2.45, 2.75) is 16.5 Å². The molecule has 2 N–H and O–H groups in total. The van der Waals surface area contributed by atoms with Crippen molar-refractivity contribution in [1.29, 1.82) is 0 Å². The first-order valence-corrected chi connectivity index (χ1v) is 5.97. The maximum Gasteiger partial charge on any atom is 0.128 e. The van der Waals surface area contributed by atoms with Crippen LogP contribution in [0.25, 0.3) is 0 Å². The summed E-state index contributed by atoms with van der Waals surface area (Å²) in [5, 5.41) is 8.80. The van der Waals surface area contributed by atoms with Crippen LogP contribution in [0.2, 0.25) is 0 Å². The van der Waals surface area contributed by atoms with Gasteiger partial charge in [-0.2, -0.15) is 5.10 Å². The molecule has 0 fully saturated rings. The number of hydrogen-bond donors (Lipinski definition) is 1. The van der Waals surface area contributed by atoms with Gasteiger partial charge < -0.3 is 10.5 Å². The summed E-state index contributed by atoms with van der Waals surface area (Å²) in [7, 11) is 1.65. The lowest BCUT2D eigenvalue weighted by Crippen LogP contribution is -2.00. The molecule has 17 heavy (non-hydrogen) atoms. The second-order valence-corrected chi connectivity index (χ2v) is 4.41. The molecule has 0 aliphatic carbocycles. The van der Waals surface area contributed by atoms with E-state index in [0.717, 1.165) is 21.2 Å². The van der Waals surface area contributed by atoms with Crippen molar-refractivity contribution >= 4 is 11.8 Å². The van der Waals surface area contributed by atoms with Gasteiger partial charge in [-0.05, 0) is 24.3 Å². The van der Waals surface area contributed by atoms with Gasteiger partial charge in [-0.1, -0.05) is 17.8 Å². The zero-order chi connectivity index (χ0) is 12.1. The number of nitrogens with two attached hydrogens (primary N) is 1. The molecule has 0 aliphatic heterocycles. The molecular weight excluding hydrogens is 234 g/mol. The minimum Gasteiger partial charge on any atom is -0.497 e. The van der Waals surface area contributed by atoms with Crippen LogP contribution in [0.4, 0.5) is 0 Å². The van der Waals surface area contributed by atoms with Gasteiger partial charge in [0.05, 0.1) is 7.11 Å². The first-order valence-electron chi connectivity index (χ1n) is 5.16. The number of benzene rings is 1. The lowest BCUT2D eigenvalue weighted by atomic mass is 10.3. The summed E-state index contributed by atoms with van der Waals surface area (Å²) in [6.07, 6.45) is 1.65. The van der Waals surface area contributed by atoms with E-state index in [2.05, 4.69) is 10.2 Å². The molecule has 0 spiro atoms. The lowest BCUT2D eigenvalue weighted by Gasteiger charge is -2.06. The average Bonchev–Trinajstić information content (AvgIpc) is 2.39.